The van der Waals surface area contributed by atoms with Gasteiger partial charge in [-0.05, 0) is 78.4 Å². The van der Waals surface area contributed by atoms with Gasteiger partial charge in [-0.3, -0.25) is 9.59 Å². The van der Waals surface area contributed by atoms with Crippen LogP contribution in [0.25, 0.3) is 0 Å². The van der Waals surface area contributed by atoms with Crippen LogP contribution in [0.1, 0.15) is 105 Å². The molecule has 4 fully saturated rings. The number of hydrogen-bond donors (Lipinski definition) is 2. The topological polar surface area (TPSA) is 121 Å². The highest BCUT2D eigenvalue weighted by Crippen LogP contribution is 2.75. The summed E-state index contributed by atoms with van der Waals surface area (Å²) in [5.74, 6) is -0.135. The van der Waals surface area contributed by atoms with E-state index >= 15 is 0 Å². The molecule has 3 saturated carbocycles. The summed E-state index contributed by atoms with van der Waals surface area (Å²) in [5, 5.41) is 13.7. The highest BCUT2D eigenvalue weighted by Gasteiger charge is 2.72. The molecule has 4 aliphatic carbocycles. The van der Waals surface area contributed by atoms with Crippen LogP contribution >= 0.6 is 11.3 Å². The van der Waals surface area contributed by atoms with Gasteiger partial charge in [0.1, 0.15) is 17.2 Å². The predicted molar refractivity (Wildman–Crippen MR) is 178 cm³/mol. The summed E-state index contributed by atoms with van der Waals surface area (Å²) in [6, 6.07) is -0.357. The van der Waals surface area contributed by atoms with Crippen LogP contribution in [0.3, 0.4) is 0 Å². The summed E-state index contributed by atoms with van der Waals surface area (Å²) in [7, 11) is 0. The van der Waals surface area contributed by atoms with Gasteiger partial charge in [-0.25, -0.2) is 4.98 Å². The van der Waals surface area contributed by atoms with E-state index < -0.39 is 18.0 Å². The van der Waals surface area contributed by atoms with Crippen molar-refractivity contribution in [1.82, 2.24) is 4.98 Å². The molecule has 5 aliphatic rings. The van der Waals surface area contributed by atoms with Crippen molar-refractivity contribution in [3.63, 3.8) is 0 Å². The monoisotopic (exact) mass is 656 g/mol. The molecule has 1 aliphatic heterocycles. The zero-order valence-corrected chi connectivity index (χ0v) is 30.0. The van der Waals surface area contributed by atoms with Crippen LogP contribution in [0, 0.1) is 56.7 Å². The fraction of sp³-hybridized carbons (Fsp3) is 0.811. The summed E-state index contributed by atoms with van der Waals surface area (Å²) >= 11 is 1.52. The first-order valence-electron chi connectivity index (χ1n) is 17.5. The maximum Gasteiger partial charge on any atom is 0.307 e. The number of hydrogen-bond acceptors (Lipinski definition) is 8. The van der Waals surface area contributed by atoms with Crippen LogP contribution in [0.15, 0.2) is 23.2 Å². The fourth-order valence-electron chi connectivity index (χ4n) is 11.9. The standard InChI is InChI=1S/C37H56N2O6S/c1-21(2)22(3)33(5)13-14-35(7)24-9-10-28-34(6)19-43-20-37(28,25(24)11-12-36(35,8)29(33)32(41)42)17-27(45-23(4)40)30(34)44-18-26(38)31-39-15-16-46-31/h11,15-16,21-22,24,26-30H,9-10,12-14,17-20,38H2,1-8H3,(H,41,42)/t22-,24+,26?,27-,28+,29-,30+,33-,34-,35-,36+,37+/m1/s1. The second-order valence-corrected chi connectivity index (χ2v) is 17.9. The first-order chi connectivity index (χ1) is 21.5. The lowest BCUT2D eigenvalue weighted by Crippen LogP contribution is -2.70. The molecule has 256 valence electrons. The molecule has 9 heteroatoms. The minimum Gasteiger partial charge on any atom is -0.481 e. The Labute approximate surface area is 279 Å². The first kappa shape index (κ1) is 34.1. The molecule has 46 heavy (non-hydrogen) atoms. The maximum absolute atomic E-state index is 13.4. The van der Waals surface area contributed by atoms with Crippen molar-refractivity contribution in [2.24, 2.45) is 62.4 Å². The smallest absolute Gasteiger partial charge is 0.307 e. The summed E-state index contributed by atoms with van der Waals surface area (Å²) in [4.78, 5) is 30.3. The third kappa shape index (κ3) is 4.79. The lowest BCUT2D eigenvalue weighted by molar-refractivity contribution is -0.267. The number of fused-ring (bicyclic) bond motifs is 3. The zero-order chi connectivity index (χ0) is 33.4. The molecule has 2 heterocycles. The molecule has 12 atom stereocenters. The van der Waals surface area contributed by atoms with E-state index in [1.54, 1.807) is 6.20 Å². The van der Waals surface area contributed by atoms with Gasteiger partial charge in [-0.15, -0.1) is 11.3 Å². The highest BCUT2D eigenvalue weighted by atomic mass is 32.1. The van der Waals surface area contributed by atoms with Crippen LogP contribution in [-0.2, 0) is 23.8 Å². The fourth-order valence-corrected chi connectivity index (χ4v) is 12.5. The Bertz CT molecular complexity index is 1370. The van der Waals surface area contributed by atoms with E-state index in [0.29, 0.717) is 37.4 Å². The lowest BCUT2D eigenvalue weighted by atomic mass is 9.34. The van der Waals surface area contributed by atoms with Crippen molar-refractivity contribution in [2.75, 3.05) is 19.8 Å². The number of carbonyl (C=O) groups is 2. The number of nitrogens with two attached hydrogens (primary N) is 1. The molecule has 0 spiro atoms. The quantitative estimate of drug-likeness (QED) is 0.226. The Morgan fingerprint density at radius 1 is 1.13 bits per heavy atom. The van der Waals surface area contributed by atoms with E-state index in [2.05, 4.69) is 59.5 Å². The van der Waals surface area contributed by atoms with E-state index in [9.17, 15) is 14.7 Å². The van der Waals surface area contributed by atoms with Gasteiger partial charge in [-0.1, -0.05) is 60.1 Å². The first-order valence-corrected chi connectivity index (χ1v) is 18.4. The Morgan fingerprint density at radius 3 is 2.50 bits per heavy atom. The molecule has 1 aromatic heterocycles. The largest absolute Gasteiger partial charge is 0.481 e. The minimum atomic E-state index is -0.649. The molecule has 3 N–H and O–H groups in total. The molecular weight excluding hydrogens is 600 g/mol. The number of carboxylic acid groups (broad SMARTS) is 1. The summed E-state index contributed by atoms with van der Waals surface area (Å²) < 4.78 is 19.4. The normalized spacial score (nSPS) is 44.7. The highest BCUT2D eigenvalue weighted by molar-refractivity contribution is 7.09. The third-order valence-electron chi connectivity index (χ3n) is 14.6. The molecule has 0 aromatic carbocycles. The number of carboxylic acids is 1. The number of rotatable bonds is 8. The predicted octanol–water partition coefficient (Wildman–Crippen LogP) is 7.05. The Balaban J connectivity index is 1.38. The molecule has 2 bridgehead atoms. The lowest BCUT2D eigenvalue weighted by Gasteiger charge is -2.71. The van der Waals surface area contributed by atoms with Crippen molar-refractivity contribution in [2.45, 2.75) is 112 Å². The van der Waals surface area contributed by atoms with Gasteiger partial charge in [-0.2, -0.15) is 0 Å². The summed E-state index contributed by atoms with van der Waals surface area (Å²) in [6.07, 6.45) is 8.73. The molecule has 8 nitrogen and oxygen atoms in total. The van der Waals surface area contributed by atoms with Crippen molar-refractivity contribution < 1.29 is 28.9 Å². The third-order valence-corrected chi connectivity index (χ3v) is 15.5. The van der Waals surface area contributed by atoms with Crippen LogP contribution in [0.4, 0.5) is 0 Å². The van der Waals surface area contributed by atoms with Crippen LogP contribution in [-0.4, -0.2) is 54.1 Å². The number of aromatic nitrogens is 1. The average Bonchev–Trinajstić information content (AvgIpc) is 3.52. The number of allylic oxidation sites excluding steroid dienone is 1. The number of carbonyl (C=O) groups excluding carboxylic acids is 1. The van der Waals surface area contributed by atoms with Crippen LogP contribution in [0.5, 0.6) is 0 Å². The average molecular weight is 657 g/mol. The van der Waals surface area contributed by atoms with Gasteiger partial charge in [0.2, 0.25) is 0 Å². The van der Waals surface area contributed by atoms with Crippen molar-refractivity contribution in [3.8, 4) is 0 Å². The Kier molecular flexibility index (Phi) is 8.64. The van der Waals surface area contributed by atoms with Crippen LogP contribution < -0.4 is 5.73 Å². The number of ether oxygens (including phenoxy) is 3. The second kappa shape index (κ2) is 11.7. The van der Waals surface area contributed by atoms with Crippen molar-refractivity contribution in [1.29, 1.82) is 0 Å². The Morgan fingerprint density at radius 2 is 1.87 bits per heavy atom. The van der Waals surface area contributed by atoms with Gasteiger partial charge >= 0.3 is 11.9 Å². The molecule has 0 amide bonds. The number of nitrogens with zero attached hydrogens (tertiary/aromatic N) is 1. The van der Waals surface area contributed by atoms with E-state index in [4.69, 9.17) is 19.9 Å². The van der Waals surface area contributed by atoms with E-state index in [1.807, 2.05) is 5.38 Å². The maximum atomic E-state index is 13.4. The van der Waals surface area contributed by atoms with Crippen molar-refractivity contribution >= 4 is 23.3 Å². The van der Waals surface area contributed by atoms with Gasteiger partial charge in [0.05, 0.1) is 31.8 Å². The van der Waals surface area contributed by atoms with E-state index in [1.165, 1.54) is 23.8 Å². The molecule has 1 aromatic rings. The minimum absolute atomic E-state index is 0.172. The summed E-state index contributed by atoms with van der Waals surface area (Å²) in [6.45, 7) is 18.8. The van der Waals surface area contributed by atoms with E-state index in [-0.39, 0.29) is 57.7 Å². The van der Waals surface area contributed by atoms with Gasteiger partial charge in [0, 0.05) is 29.3 Å². The molecule has 1 unspecified atom stereocenters. The van der Waals surface area contributed by atoms with Gasteiger partial charge in [0.25, 0.3) is 0 Å². The summed E-state index contributed by atoms with van der Waals surface area (Å²) in [5.41, 5.74) is 6.42. The van der Waals surface area contributed by atoms with Crippen LogP contribution in [0.2, 0.25) is 0 Å². The number of thiazole rings is 1. The Hall–Kier alpha value is -1.81. The van der Waals surface area contributed by atoms with Gasteiger partial charge in [0.15, 0.2) is 0 Å². The zero-order valence-electron chi connectivity index (χ0n) is 29.1. The number of esters is 1. The van der Waals surface area contributed by atoms with E-state index in [0.717, 1.165) is 37.1 Å². The molecule has 1 saturated heterocycles. The number of aliphatic carboxylic acids is 1. The van der Waals surface area contributed by atoms with Crippen molar-refractivity contribution in [3.05, 3.63) is 28.2 Å². The SMILES string of the molecule is CC(=O)O[C@@H]1C[C@@]23COC[C@](C)([C@@H]2CC[C@H]2C3=CC[C@@]3(C)[C@H](C(=O)O)[C@@](C)([C@H](C)C(C)C)CC[C@]23C)[C@H]1OCC(N)c1nccs1. The van der Waals surface area contributed by atoms with Gasteiger partial charge < -0.3 is 25.1 Å². The molecule has 6 rings (SSSR count). The second-order valence-electron chi connectivity index (χ2n) is 16.9. The molecule has 0 radical (unpaired) electrons. The molecular formula is C37H56N2O6S.